The first-order valence-corrected chi connectivity index (χ1v) is 13.5. The summed E-state index contributed by atoms with van der Waals surface area (Å²) in [6, 6.07) is 27.6. The molecule has 1 aliphatic rings. The number of nitrogens with zero attached hydrogens (tertiary/aromatic N) is 1. The van der Waals surface area contributed by atoms with Crippen LogP contribution in [0.4, 0.5) is 16.2 Å². The quantitative estimate of drug-likeness (QED) is 0.199. The molecule has 0 aliphatic carbocycles. The van der Waals surface area contributed by atoms with Gasteiger partial charge in [-0.15, -0.1) is 0 Å². The van der Waals surface area contributed by atoms with Gasteiger partial charge in [0, 0.05) is 5.69 Å². The predicted octanol–water partition coefficient (Wildman–Crippen LogP) is 5.57. The first-order valence-electron chi connectivity index (χ1n) is 13.5. The summed E-state index contributed by atoms with van der Waals surface area (Å²) in [6.45, 7) is 3.97. The Balaban J connectivity index is 1.25. The highest BCUT2D eigenvalue weighted by Crippen LogP contribution is 2.26. The molecule has 1 saturated heterocycles. The zero-order valence-corrected chi connectivity index (χ0v) is 23.6. The number of imide groups is 2. The number of urea groups is 1. The first kappa shape index (κ1) is 28.8. The second-order valence-electron chi connectivity index (χ2n) is 9.95. The number of barbiturate groups is 1. The lowest BCUT2D eigenvalue weighted by Crippen LogP contribution is -2.54. The van der Waals surface area contributed by atoms with Crippen LogP contribution in [0, 0.1) is 13.8 Å². The summed E-state index contributed by atoms with van der Waals surface area (Å²) in [4.78, 5) is 52.0. The minimum absolute atomic E-state index is 0.228. The number of hydrogen-bond donors (Lipinski definition) is 2. The highest BCUT2D eigenvalue weighted by atomic mass is 16.5. The van der Waals surface area contributed by atoms with Crippen molar-refractivity contribution in [3.8, 4) is 11.5 Å². The molecule has 5 amide bonds. The van der Waals surface area contributed by atoms with Gasteiger partial charge in [0.05, 0.1) is 5.69 Å². The van der Waals surface area contributed by atoms with Gasteiger partial charge in [0.1, 0.15) is 23.7 Å². The Morgan fingerprint density at radius 1 is 0.837 bits per heavy atom. The fourth-order valence-corrected chi connectivity index (χ4v) is 4.39. The number of amides is 5. The molecule has 0 saturated carbocycles. The van der Waals surface area contributed by atoms with Crippen molar-refractivity contribution in [2.24, 2.45) is 0 Å². The number of aryl methyl sites for hydroxylation is 2. The van der Waals surface area contributed by atoms with Crippen molar-refractivity contribution in [3.63, 3.8) is 0 Å². The van der Waals surface area contributed by atoms with Crippen molar-refractivity contribution < 1.29 is 28.7 Å². The largest absolute Gasteiger partial charge is 0.489 e. The molecule has 0 spiro atoms. The van der Waals surface area contributed by atoms with Gasteiger partial charge in [-0.25, -0.2) is 9.69 Å². The van der Waals surface area contributed by atoms with Crippen LogP contribution >= 0.6 is 0 Å². The van der Waals surface area contributed by atoms with Crippen molar-refractivity contribution in [3.05, 3.63) is 125 Å². The van der Waals surface area contributed by atoms with Crippen molar-refractivity contribution in [2.75, 3.05) is 16.8 Å². The van der Waals surface area contributed by atoms with Crippen LogP contribution < -0.4 is 25.0 Å². The summed E-state index contributed by atoms with van der Waals surface area (Å²) < 4.78 is 11.4. The van der Waals surface area contributed by atoms with E-state index in [1.54, 1.807) is 48.5 Å². The minimum atomic E-state index is -0.850. The molecule has 9 nitrogen and oxygen atoms in total. The van der Waals surface area contributed by atoms with E-state index in [4.69, 9.17) is 9.47 Å². The van der Waals surface area contributed by atoms with E-state index in [1.807, 2.05) is 62.4 Å². The molecule has 0 aromatic heterocycles. The molecular weight excluding hydrogens is 546 g/mol. The van der Waals surface area contributed by atoms with Crippen LogP contribution in [0.15, 0.2) is 103 Å². The topological polar surface area (TPSA) is 114 Å². The molecule has 0 atom stereocenters. The number of carbonyl (C=O) groups is 4. The molecule has 0 bridgehead atoms. The number of rotatable bonds is 9. The normalized spacial score (nSPS) is 14.0. The van der Waals surface area contributed by atoms with Gasteiger partial charge in [0.2, 0.25) is 0 Å². The third-order valence-corrected chi connectivity index (χ3v) is 6.65. The molecule has 5 rings (SSSR count). The van der Waals surface area contributed by atoms with E-state index < -0.39 is 17.8 Å². The Hall–Kier alpha value is -5.70. The molecule has 216 valence electrons. The van der Waals surface area contributed by atoms with Crippen molar-refractivity contribution in [1.82, 2.24) is 5.32 Å². The lowest BCUT2D eigenvalue weighted by atomic mass is 10.1. The summed E-state index contributed by atoms with van der Waals surface area (Å²) in [5.74, 6) is -0.985. The van der Waals surface area contributed by atoms with E-state index in [0.29, 0.717) is 29.4 Å². The highest BCUT2D eigenvalue weighted by molar-refractivity contribution is 6.39. The Bertz CT molecular complexity index is 1710. The SMILES string of the molecule is Cc1ccc(C)c(NC(=O)COc2cccc(/C=C3/C(=O)NC(=O)N(c4ccc(OCc5ccccc5)cc4)C3=O)c2)c1. The number of carbonyl (C=O) groups excluding carboxylic acids is 4. The van der Waals surface area contributed by atoms with Crippen LogP contribution in [-0.4, -0.2) is 30.4 Å². The molecule has 4 aromatic carbocycles. The molecule has 2 N–H and O–H groups in total. The van der Waals surface area contributed by atoms with E-state index in [2.05, 4.69) is 10.6 Å². The molecular formula is C34H29N3O6. The maximum absolute atomic E-state index is 13.3. The van der Waals surface area contributed by atoms with E-state index in [-0.39, 0.29) is 23.8 Å². The number of nitrogens with one attached hydrogen (secondary N) is 2. The Labute approximate surface area is 248 Å². The van der Waals surface area contributed by atoms with Gasteiger partial charge in [0.15, 0.2) is 6.61 Å². The predicted molar refractivity (Wildman–Crippen MR) is 163 cm³/mol. The molecule has 0 unspecified atom stereocenters. The number of ether oxygens (including phenoxy) is 2. The van der Waals surface area contributed by atoms with E-state index in [9.17, 15) is 19.2 Å². The lowest BCUT2D eigenvalue weighted by molar-refractivity contribution is -0.122. The second-order valence-corrected chi connectivity index (χ2v) is 9.95. The number of anilines is 2. The smallest absolute Gasteiger partial charge is 0.335 e. The zero-order valence-electron chi connectivity index (χ0n) is 23.6. The van der Waals surface area contributed by atoms with Crippen molar-refractivity contribution in [2.45, 2.75) is 20.5 Å². The maximum Gasteiger partial charge on any atom is 0.335 e. The summed E-state index contributed by atoms with van der Waals surface area (Å²) in [5, 5.41) is 5.06. The van der Waals surface area contributed by atoms with Crippen LogP contribution in [0.1, 0.15) is 22.3 Å². The third kappa shape index (κ3) is 7.15. The summed E-state index contributed by atoms with van der Waals surface area (Å²) in [5.41, 5.74) is 4.19. The molecule has 1 fully saturated rings. The maximum atomic E-state index is 13.3. The fourth-order valence-electron chi connectivity index (χ4n) is 4.39. The monoisotopic (exact) mass is 575 g/mol. The Kier molecular flexibility index (Phi) is 8.62. The highest BCUT2D eigenvalue weighted by Gasteiger charge is 2.36. The van der Waals surface area contributed by atoms with Gasteiger partial charge < -0.3 is 14.8 Å². The fraction of sp³-hybridized carbons (Fsp3) is 0.118. The summed E-state index contributed by atoms with van der Waals surface area (Å²) >= 11 is 0. The van der Waals surface area contributed by atoms with E-state index in [0.717, 1.165) is 21.6 Å². The molecule has 1 heterocycles. The average Bonchev–Trinajstić information content (AvgIpc) is 3.00. The zero-order chi connectivity index (χ0) is 30.3. The Morgan fingerprint density at radius 3 is 2.37 bits per heavy atom. The van der Waals surface area contributed by atoms with Crippen molar-refractivity contribution in [1.29, 1.82) is 0 Å². The minimum Gasteiger partial charge on any atom is -0.489 e. The van der Waals surface area contributed by atoms with Gasteiger partial charge in [-0.05, 0) is 84.6 Å². The third-order valence-electron chi connectivity index (χ3n) is 6.65. The first-order chi connectivity index (χ1) is 20.8. The lowest BCUT2D eigenvalue weighted by Gasteiger charge is -2.26. The Morgan fingerprint density at radius 2 is 1.60 bits per heavy atom. The van der Waals surface area contributed by atoms with Crippen LogP contribution in [0.3, 0.4) is 0 Å². The van der Waals surface area contributed by atoms with Crippen LogP contribution in [-0.2, 0) is 21.0 Å². The number of benzene rings is 4. The molecule has 43 heavy (non-hydrogen) atoms. The van der Waals surface area contributed by atoms with Crippen LogP contribution in [0.25, 0.3) is 6.08 Å². The number of hydrogen-bond acceptors (Lipinski definition) is 6. The average molecular weight is 576 g/mol. The second kappa shape index (κ2) is 12.9. The van der Waals surface area contributed by atoms with Gasteiger partial charge in [-0.3, -0.25) is 19.7 Å². The standard InChI is InChI=1S/C34H29N3O6/c1-22-11-12-23(2)30(17-22)35-31(38)21-43-28-10-6-9-25(18-28)19-29-32(39)36-34(41)37(33(29)40)26-13-15-27(16-14-26)42-20-24-7-4-3-5-8-24/h3-19H,20-21H2,1-2H3,(H,35,38)(H,36,39,41)/b29-19-. The molecule has 9 heteroatoms. The molecule has 1 aliphatic heterocycles. The van der Waals surface area contributed by atoms with Gasteiger partial charge in [-0.2, -0.15) is 0 Å². The van der Waals surface area contributed by atoms with Crippen LogP contribution in [0.2, 0.25) is 0 Å². The van der Waals surface area contributed by atoms with Crippen LogP contribution in [0.5, 0.6) is 11.5 Å². The molecule has 4 aromatic rings. The van der Waals surface area contributed by atoms with E-state index >= 15 is 0 Å². The van der Waals surface area contributed by atoms with Gasteiger partial charge in [0.25, 0.3) is 17.7 Å². The van der Waals surface area contributed by atoms with Crippen molar-refractivity contribution >= 4 is 41.2 Å². The van der Waals surface area contributed by atoms with Gasteiger partial charge in [-0.1, -0.05) is 54.6 Å². The van der Waals surface area contributed by atoms with Gasteiger partial charge >= 0.3 is 6.03 Å². The summed E-state index contributed by atoms with van der Waals surface area (Å²) in [7, 11) is 0. The summed E-state index contributed by atoms with van der Waals surface area (Å²) in [6.07, 6.45) is 1.37. The van der Waals surface area contributed by atoms with E-state index in [1.165, 1.54) is 6.08 Å². The molecule has 0 radical (unpaired) electrons.